The number of allylic oxidation sites excluding steroid dienone is 2. The van der Waals surface area contributed by atoms with E-state index in [1.165, 1.54) is 12.1 Å². The zero-order valence-corrected chi connectivity index (χ0v) is 11.6. The third kappa shape index (κ3) is 2.65. The minimum Gasteiger partial charge on any atom is -0.507 e. The van der Waals surface area contributed by atoms with E-state index in [1.807, 2.05) is 0 Å². The summed E-state index contributed by atoms with van der Waals surface area (Å²) in [7, 11) is 0. The lowest BCUT2D eigenvalue weighted by Gasteiger charge is -2.16. The summed E-state index contributed by atoms with van der Waals surface area (Å²) in [6.45, 7) is 0. The molecule has 0 aromatic heterocycles. The van der Waals surface area contributed by atoms with Gasteiger partial charge in [0.2, 0.25) is 0 Å². The maximum atomic E-state index is 11.9. The number of phenolic OH excluding ortho intramolecular Hbond substituents is 1. The van der Waals surface area contributed by atoms with Gasteiger partial charge in [0.1, 0.15) is 34.6 Å². The lowest BCUT2D eigenvalue weighted by Crippen LogP contribution is -2.22. The molecule has 0 amide bonds. The van der Waals surface area contributed by atoms with E-state index in [4.69, 9.17) is 4.84 Å². The molecule has 6 nitrogen and oxygen atoms in total. The first-order valence-corrected chi connectivity index (χ1v) is 6.35. The Morgan fingerprint density at radius 1 is 1.25 bits per heavy atom. The van der Waals surface area contributed by atoms with E-state index < -0.39 is 5.97 Å². The van der Waals surface area contributed by atoms with E-state index in [-0.39, 0.29) is 35.5 Å². The van der Waals surface area contributed by atoms with Gasteiger partial charge in [-0.3, -0.25) is 0 Å². The maximum absolute atomic E-state index is 11.9. The van der Waals surface area contributed by atoms with Crippen molar-refractivity contribution in [2.24, 2.45) is 0 Å². The van der Waals surface area contributed by atoms with Crippen molar-refractivity contribution in [1.82, 2.24) is 5.06 Å². The Labute approximate surface area is 122 Å². The Morgan fingerprint density at radius 2 is 1.85 bits per heavy atom. The third-order valence-corrected chi connectivity index (χ3v) is 3.17. The normalized spacial score (nSPS) is 13.9. The van der Waals surface area contributed by atoms with Crippen LogP contribution in [0.5, 0.6) is 5.75 Å². The van der Waals surface area contributed by atoms with Crippen LogP contribution in [-0.2, 0) is 14.4 Å². The number of hydrogen-bond donors (Lipinski definition) is 1. The number of carbonyl (C=O) groups is 1. The molecule has 0 saturated carbocycles. The van der Waals surface area contributed by atoms with Gasteiger partial charge in [0.05, 0.1) is 0 Å². The van der Waals surface area contributed by atoms with Crippen molar-refractivity contribution in [2.45, 2.75) is 12.8 Å². The van der Waals surface area contributed by atoms with Crippen molar-refractivity contribution in [3.05, 3.63) is 39.6 Å². The van der Waals surface area contributed by atoms with Gasteiger partial charge in [-0.15, -0.1) is 0 Å². The van der Waals surface area contributed by atoms with Gasteiger partial charge in [-0.05, 0) is 18.2 Å². The highest BCUT2D eigenvalue weighted by Crippen LogP contribution is 2.29. The molecule has 1 N–H and O–H groups in total. The van der Waals surface area contributed by atoms with Crippen LogP contribution in [0, 0.1) is 0 Å². The Kier molecular flexibility index (Phi) is 4.05. The van der Waals surface area contributed by atoms with Gasteiger partial charge in [-0.25, -0.2) is 14.4 Å². The molecule has 1 fully saturated rings. The van der Waals surface area contributed by atoms with Crippen molar-refractivity contribution in [3.63, 3.8) is 0 Å². The highest BCUT2D eigenvalue weighted by molar-refractivity contribution is 9.10. The Hall–Kier alpha value is -2.33. The van der Waals surface area contributed by atoms with E-state index >= 15 is 0 Å². The fourth-order valence-corrected chi connectivity index (χ4v) is 2.06. The summed E-state index contributed by atoms with van der Waals surface area (Å²) in [4.78, 5) is 38.3. The average molecular weight is 338 g/mol. The number of carbonyl (C=O) groups excluding carboxylic acids is 3. The zero-order chi connectivity index (χ0) is 14.7. The van der Waals surface area contributed by atoms with Crippen molar-refractivity contribution >= 4 is 33.8 Å². The molecular formula is C13H8BrNO5. The highest BCUT2D eigenvalue weighted by atomic mass is 79.9. The first-order valence-electron chi connectivity index (χ1n) is 5.55. The van der Waals surface area contributed by atoms with E-state index in [9.17, 15) is 19.5 Å². The standard InChI is InChI=1S/C13H8BrNO5/c14-8-1-4-11(12(18)5-8)13(19)20-15-9(6-16)2-3-10(15)7-17/h1,4-5,18H,2-3H2. The van der Waals surface area contributed by atoms with Crippen LogP contribution in [0.15, 0.2) is 34.1 Å². The van der Waals surface area contributed by atoms with Crippen LogP contribution < -0.4 is 0 Å². The minimum absolute atomic E-state index is 0.0355. The Bertz CT molecular complexity index is 645. The second-order valence-corrected chi connectivity index (χ2v) is 4.85. The molecule has 0 spiro atoms. The second-order valence-electron chi connectivity index (χ2n) is 3.93. The number of hydrogen-bond acceptors (Lipinski definition) is 6. The van der Waals surface area contributed by atoms with Crippen LogP contribution in [0.3, 0.4) is 0 Å². The predicted octanol–water partition coefficient (Wildman–Crippen LogP) is 1.75. The number of phenols is 1. The molecule has 1 aromatic rings. The summed E-state index contributed by atoms with van der Waals surface area (Å²) in [5.41, 5.74) is -0.0165. The van der Waals surface area contributed by atoms with Crippen molar-refractivity contribution in [2.75, 3.05) is 0 Å². The van der Waals surface area contributed by atoms with Crippen LogP contribution >= 0.6 is 15.9 Å². The fraction of sp³-hybridized carbons (Fsp3) is 0.154. The molecule has 0 aliphatic carbocycles. The minimum atomic E-state index is -0.891. The van der Waals surface area contributed by atoms with Crippen LogP contribution in [-0.4, -0.2) is 28.0 Å². The van der Waals surface area contributed by atoms with Crippen LogP contribution in [0.1, 0.15) is 23.2 Å². The molecule has 20 heavy (non-hydrogen) atoms. The van der Waals surface area contributed by atoms with Crippen LogP contribution in [0.2, 0.25) is 0 Å². The predicted molar refractivity (Wildman–Crippen MR) is 70.7 cm³/mol. The fourth-order valence-electron chi connectivity index (χ4n) is 1.71. The summed E-state index contributed by atoms with van der Waals surface area (Å²) < 4.78 is 0.592. The molecular weight excluding hydrogens is 330 g/mol. The second kappa shape index (κ2) is 5.75. The average Bonchev–Trinajstić information content (AvgIpc) is 2.80. The molecule has 0 radical (unpaired) electrons. The molecule has 2 rings (SSSR count). The molecule has 102 valence electrons. The van der Waals surface area contributed by atoms with Crippen LogP contribution in [0.25, 0.3) is 0 Å². The number of rotatable bonds is 2. The van der Waals surface area contributed by atoms with E-state index in [0.717, 1.165) is 5.06 Å². The van der Waals surface area contributed by atoms with Gasteiger partial charge in [-0.1, -0.05) is 15.9 Å². The maximum Gasteiger partial charge on any atom is 0.367 e. The monoisotopic (exact) mass is 337 g/mol. The summed E-state index contributed by atoms with van der Waals surface area (Å²) in [6, 6.07) is 4.23. The molecule has 1 saturated heterocycles. The summed E-state index contributed by atoms with van der Waals surface area (Å²) in [5.74, 6) is 2.04. The van der Waals surface area contributed by atoms with Gasteiger partial charge in [0.25, 0.3) is 0 Å². The van der Waals surface area contributed by atoms with Gasteiger partial charge in [0.15, 0.2) is 0 Å². The van der Waals surface area contributed by atoms with E-state index in [2.05, 4.69) is 15.9 Å². The number of aromatic hydroxyl groups is 1. The summed E-state index contributed by atoms with van der Waals surface area (Å²) >= 11 is 3.14. The first kappa shape index (κ1) is 14.1. The lowest BCUT2D eigenvalue weighted by atomic mass is 10.2. The van der Waals surface area contributed by atoms with Gasteiger partial charge >= 0.3 is 5.97 Å². The van der Waals surface area contributed by atoms with Crippen molar-refractivity contribution < 1.29 is 24.3 Å². The molecule has 1 aliphatic rings. The molecule has 1 aliphatic heterocycles. The molecule has 1 heterocycles. The lowest BCUT2D eigenvalue weighted by molar-refractivity contribution is -0.0513. The van der Waals surface area contributed by atoms with Gasteiger partial charge in [0, 0.05) is 17.3 Å². The Balaban J connectivity index is 2.27. The Morgan fingerprint density at radius 3 is 2.35 bits per heavy atom. The summed E-state index contributed by atoms with van der Waals surface area (Å²) in [6.07, 6.45) is 0.487. The number of benzene rings is 1. The number of nitrogens with zero attached hydrogens (tertiary/aromatic N) is 1. The van der Waals surface area contributed by atoms with Crippen molar-refractivity contribution in [3.8, 4) is 5.75 Å². The van der Waals surface area contributed by atoms with E-state index in [1.54, 1.807) is 17.9 Å². The third-order valence-electron chi connectivity index (χ3n) is 2.68. The van der Waals surface area contributed by atoms with Gasteiger partial charge in [-0.2, -0.15) is 5.06 Å². The molecule has 0 bridgehead atoms. The number of hydroxylamine groups is 2. The largest absolute Gasteiger partial charge is 0.507 e. The van der Waals surface area contributed by atoms with Crippen LogP contribution in [0.4, 0.5) is 0 Å². The van der Waals surface area contributed by atoms with E-state index in [0.29, 0.717) is 4.47 Å². The summed E-state index contributed by atoms with van der Waals surface area (Å²) in [5, 5.41) is 10.5. The highest BCUT2D eigenvalue weighted by Gasteiger charge is 2.29. The topological polar surface area (TPSA) is 83.9 Å². The smallest absolute Gasteiger partial charge is 0.367 e. The SMILES string of the molecule is O=C=C1CCC(=C=O)N1OC(=O)c1ccc(Br)cc1O. The molecule has 7 heteroatoms. The molecule has 0 atom stereocenters. The molecule has 0 unspecified atom stereocenters. The quantitative estimate of drug-likeness (QED) is 0.827. The van der Waals surface area contributed by atoms with Gasteiger partial charge < -0.3 is 9.94 Å². The first-order chi connectivity index (χ1) is 9.56. The molecule has 1 aromatic carbocycles. The zero-order valence-electron chi connectivity index (χ0n) is 10.1. The number of halogens is 1. The van der Waals surface area contributed by atoms with Crippen molar-refractivity contribution in [1.29, 1.82) is 0 Å².